The first-order chi connectivity index (χ1) is 23.5. The normalized spacial score (nSPS) is 13.6. The SMILES string of the molecule is CC(C)(C)OC(=O)NCCCCC(NC(=O)OC(C)(C)C)C(=O)NCCCC[C@H](NC(=O)OCC1c2ccccc2-c2ccccc21)C(=O)O. The lowest BCUT2D eigenvalue weighted by molar-refractivity contribution is -0.139. The van der Waals surface area contributed by atoms with E-state index in [1.807, 2.05) is 48.5 Å². The fourth-order valence-electron chi connectivity index (χ4n) is 5.54. The maximum Gasteiger partial charge on any atom is 0.408 e. The minimum Gasteiger partial charge on any atom is -0.480 e. The van der Waals surface area contributed by atoms with Crippen molar-refractivity contribution in [1.29, 1.82) is 0 Å². The van der Waals surface area contributed by atoms with Gasteiger partial charge in [0.25, 0.3) is 0 Å². The Morgan fingerprint density at radius 3 is 1.68 bits per heavy atom. The molecule has 2 aromatic rings. The Morgan fingerprint density at radius 2 is 1.14 bits per heavy atom. The summed E-state index contributed by atoms with van der Waals surface area (Å²) in [4.78, 5) is 61.9. The first-order valence-corrected chi connectivity index (χ1v) is 17.1. The number of nitrogens with one attached hydrogen (secondary N) is 4. The van der Waals surface area contributed by atoms with Crippen LogP contribution in [0.5, 0.6) is 0 Å². The number of benzene rings is 2. The third kappa shape index (κ3) is 13.2. The highest BCUT2D eigenvalue weighted by Crippen LogP contribution is 2.44. The largest absolute Gasteiger partial charge is 0.480 e. The van der Waals surface area contributed by atoms with Gasteiger partial charge in [-0.3, -0.25) is 4.79 Å². The molecule has 0 saturated heterocycles. The molecule has 5 N–H and O–H groups in total. The van der Waals surface area contributed by atoms with E-state index in [0.717, 1.165) is 22.3 Å². The number of alkyl carbamates (subject to hydrolysis) is 3. The van der Waals surface area contributed by atoms with Gasteiger partial charge in [-0.15, -0.1) is 0 Å². The molecule has 0 fully saturated rings. The predicted molar refractivity (Wildman–Crippen MR) is 188 cm³/mol. The number of aliphatic carboxylic acids is 1. The average molecular weight is 697 g/mol. The van der Waals surface area contributed by atoms with Gasteiger partial charge < -0.3 is 40.6 Å². The van der Waals surface area contributed by atoms with E-state index in [1.165, 1.54) is 0 Å². The molecular formula is C37H52N4O9. The third-order valence-electron chi connectivity index (χ3n) is 7.75. The van der Waals surface area contributed by atoms with E-state index in [1.54, 1.807) is 41.5 Å². The summed E-state index contributed by atoms with van der Waals surface area (Å²) in [6, 6.07) is 13.8. The van der Waals surface area contributed by atoms with Crippen molar-refractivity contribution >= 4 is 30.2 Å². The van der Waals surface area contributed by atoms with E-state index < -0.39 is 53.4 Å². The van der Waals surface area contributed by atoms with Gasteiger partial charge in [-0.25, -0.2) is 19.2 Å². The Labute approximate surface area is 294 Å². The van der Waals surface area contributed by atoms with E-state index in [4.69, 9.17) is 14.2 Å². The Kier molecular flexibility index (Phi) is 14.5. The van der Waals surface area contributed by atoms with Crippen LogP contribution in [0.3, 0.4) is 0 Å². The monoisotopic (exact) mass is 696 g/mol. The van der Waals surface area contributed by atoms with Crippen LogP contribution in [0.4, 0.5) is 14.4 Å². The Hall–Kier alpha value is -4.81. The number of fused-ring (bicyclic) bond motifs is 3. The molecule has 274 valence electrons. The molecule has 0 heterocycles. The molecule has 1 aliphatic rings. The number of unbranched alkanes of at least 4 members (excludes halogenated alkanes) is 2. The Morgan fingerprint density at radius 1 is 0.660 bits per heavy atom. The molecule has 0 bridgehead atoms. The average Bonchev–Trinajstić information content (AvgIpc) is 3.34. The molecule has 0 aromatic heterocycles. The topological polar surface area (TPSA) is 181 Å². The molecule has 0 aliphatic heterocycles. The second kappa shape index (κ2) is 18.3. The van der Waals surface area contributed by atoms with Crippen LogP contribution < -0.4 is 21.3 Å². The molecule has 4 amide bonds. The van der Waals surface area contributed by atoms with E-state index in [2.05, 4.69) is 21.3 Å². The second-order valence-corrected chi connectivity index (χ2v) is 14.3. The molecule has 2 atom stereocenters. The number of amides is 4. The van der Waals surface area contributed by atoms with Gasteiger partial charge in [0.15, 0.2) is 0 Å². The van der Waals surface area contributed by atoms with Crippen molar-refractivity contribution < 1.29 is 43.3 Å². The van der Waals surface area contributed by atoms with Crippen molar-refractivity contribution in [2.24, 2.45) is 0 Å². The number of ether oxygens (including phenoxy) is 3. The Balaban J connectivity index is 1.43. The summed E-state index contributed by atoms with van der Waals surface area (Å²) in [6.07, 6.45) is 0.238. The number of hydrogen-bond acceptors (Lipinski definition) is 8. The first kappa shape index (κ1) is 39.6. The summed E-state index contributed by atoms with van der Waals surface area (Å²) in [5.41, 5.74) is 2.92. The summed E-state index contributed by atoms with van der Waals surface area (Å²) >= 11 is 0. The maximum atomic E-state index is 13.0. The minimum absolute atomic E-state index is 0.0664. The van der Waals surface area contributed by atoms with Crippen LogP contribution in [-0.2, 0) is 23.8 Å². The predicted octanol–water partition coefficient (Wildman–Crippen LogP) is 5.85. The summed E-state index contributed by atoms with van der Waals surface area (Å²) in [5.74, 6) is -1.75. The quantitative estimate of drug-likeness (QED) is 0.106. The summed E-state index contributed by atoms with van der Waals surface area (Å²) in [5, 5.41) is 20.3. The molecule has 0 radical (unpaired) electrons. The first-order valence-electron chi connectivity index (χ1n) is 17.1. The highest BCUT2D eigenvalue weighted by atomic mass is 16.6. The number of hydrogen-bond donors (Lipinski definition) is 5. The van der Waals surface area contributed by atoms with Gasteiger partial charge in [-0.1, -0.05) is 48.5 Å². The number of carbonyl (C=O) groups is 5. The summed E-state index contributed by atoms with van der Waals surface area (Å²) < 4.78 is 16.0. The smallest absolute Gasteiger partial charge is 0.408 e. The van der Waals surface area contributed by atoms with Crippen molar-refractivity contribution in [3.05, 3.63) is 59.7 Å². The molecule has 50 heavy (non-hydrogen) atoms. The molecular weight excluding hydrogens is 644 g/mol. The van der Waals surface area contributed by atoms with E-state index in [0.29, 0.717) is 38.6 Å². The van der Waals surface area contributed by atoms with Crippen LogP contribution >= 0.6 is 0 Å². The van der Waals surface area contributed by atoms with Crippen molar-refractivity contribution in [2.75, 3.05) is 19.7 Å². The summed E-state index contributed by atoms with van der Waals surface area (Å²) in [7, 11) is 0. The fourth-order valence-corrected chi connectivity index (χ4v) is 5.54. The van der Waals surface area contributed by atoms with Gasteiger partial charge in [0, 0.05) is 19.0 Å². The zero-order chi connectivity index (χ0) is 36.9. The lowest BCUT2D eigenvalue weighted by atomic mass is 9.98. The molecule has 0 saturated carbocycles. The molecule has 0 spiro atoms. The zero-order valence-electron chi connectivity index (χ0n) is 29.9. The van der Waals surface area contributed by atoms with Crippen LogP contribution in [0, 0.1) is 0 Å². The van der Waals surface area contributed by atoms with Gasteiger partial charge in [-0.05, 0) is 102 Å². The van der Waals surface area contributed by atoms with Gasteiger partial charge in [0.2, 0.25) is 5.91 Å². The third-order valence-corrected chi connectivity index (χ3v) is 7.75. The molecule has 13 heteroatoms. The van der Waals surface area contributed by atoms with E-state index in [9.17, 15) is 29.1 Å². The maximum absolute atomic E-state index is 13.0. The number of rotatable bonds is 16. The van der Waals surface area contributed by atoms with Crippen LogP contribution in [0.2, 0.25) is 0 Å². The molecule has 13 nitrogen and oxygen atoms in total. The van der Waals surface area contributed by atoms with E-state index in [-0.39, 0.29) is 25.5 Å². The lowest BCUT2D eigenvalue weighted by Crippen LogP contribution is -2.48. The molecule has 3 rings (SSSR count). The number of carbonyl (C=O) groups excluding carboxylic acids is 4. The summed E-state index contributed by atoms with van der Waals surface area (Å²) in [6.45, 7) is 11.1. The van der Waals surface area contributed by atoms with Crippen LogP contribution in [-0.4, -0.2) is 78.2 Å². The zero-order valence-corrected chi connectivity index (χ0v) is 29.9. The second-order valence-electron chi connectivity index (χ2n) is 14.3. The van der Waals surface area contributed by atoms with Crippen molar-refractivity contribution in [2.45, 2.75) is 109 Å². The number of carboxylic acid groups (broad SMARTS) is 1. The van der Waals surface area contributed by atoms with Gasteiger partial charge in [-0.2, -0.15) is 0 Å². The van der Waals surface area contributed by atoms with Crippen molar-refractivity contribution in [3.63, 3.8) is 0 Å². The lowest BCUT2D eigenvalue weighted by Gasteiger charge is -2.23. The van der Waals surface area contributed by atoms with Crippen LogP contribution in [0.1, 0.15) is 97.1 Å². The highest BCUT2D eigenvalue weighted by Gasteiger charge is 2.30. The molecule has 1 unspecified atom stereocenters. The highest BCUT2D eigenvalue weighted by molar-refractivity contribution is 5.85. The molecule has 1 aliphatic carbocycles. The van der Waals surface area contributed by atoms with Crippen LogP contribution in [0.15, 0.2) is 48.5 Å². The number of carboxylic acids is 1. The standard InChI is InChI=1S/C37H52N4O9/c1-36(2,3)49-33(45)39-22-14-11-19-29(40-35(47)50-37(4,5)6)31(42)38-21-13-12-20-30(32(43)44)41-34(46)48-23-28-26-17-9-7-15-24(26)25-16-8-10-18-27(25)28/h7-10,15-18,28-30H,11-14,19-23H2,1-6H3,(H,38,42)(H,39,45)(H,40,47)(H,41,46)(H,43,44)/t29?,30-/m0/s1. The van der Waals surface area contributed by atoms with Gasteiger partial charge >= 0.3 is 24.2 Å². The van der Waals surface area contributed by atoms with Crippen LogP contribution in [0.25, 0.3) is 11.1 Å². The van der Waals surface area contributed by atoms with Gasteiger partial charge in [0.1, 0.15) is 29.9 Å². The van der Waals surface area contributed by atoms with E-state index >= 15 is 0 Å². The van der Waals surface area contributed by atoms with Crippen molar-refractivity contribution in [3.8, 4) is 11.1 Å². The minimum atomic E-state index is -1.19. The fraction of sp³-hybridized carbons (Fsp3) is 0.541. The van der Waals surface area contributed by atoms with Gasteiger partial charge in [0.05, 0.1) is 0 Å². The van der Waals surface area contributed by atoms with Crippen molar-refractivity contribution in [1.82, 2.24) is 21.3 Å². The Bertz CT molecular complexity index is 1440. The molecule has 2 aromatic carbocycles.